The van der Waals surface area contributed by atoms with Crippen molar-refractivity contribution in [1.82, 2.24) is 29.9 Å². The van der Waals surface area contributed by atoms with Crippen molar-refractivity contribution in [3.05, 3.63) is 46.9 Å². The summed E-state index contributed by atoms with van der Waals surface area (Å²) in [7, 11) is -3.09. The van der Waals surface area contributed by atoms with E-state index >= 15 is 0 Å². The molecule has 43 heavy (non-hydrogen) atoms. The van der Waals surface area contributed by atoms with E-state index in [2.05, 4.69) is 15.5 Å². The van der Waals surface area contributed by atoms with Gasteiger partial charge in [0.1, 0.15) is 24.2 Å². The number of nitrogens with zero attached hydrogens (tertiary/aromatic N) is 5. The van der Waals surface area contributed by atoms with Gasteiger partial charge in [-0.3, -0.25) is 18.9 Å². The van der Waals surface area contributed by atoms with Gasteiger partial charge < -0.3 is 29.5 Å². The van der Waals surface area contributed by atoms with E-state index in [0.717, 1.165) is 36.4 Å². The lowest BCUT2D eigenvalue weighted by Gasteiger charge is -2.42. The van der Waals surface area contributed by atoms with Gasteiger partial charge in [0.15, 0.2) is 0 Å². The first-order valence-corrected chi connectivity index (χ1v) is 17.0. The Morgan fingerprint density at radius 2 is 1.91 bits per heavy atom. The van der Waals surface area contributed by atoms with Crippen LogP contribution in [-0.2, 0) is 21.2 Å². The van der Waals surface area contributed by atoms with Gasteiger partial charge >= 0.3 is 7.60 Å². The summed E-state index contributed by atoms with van der Waals surface area (Å²) in [5.41, 5.74) is -0.165. The van der Waals surface area contributed by atoms with Gasteiger partial charge in [0, 0.05) is 30.9 Å². The molecule has 228 valence electrons. The number of nitrogens with one attached hydrogen (secondary N) is 1. The lowest BCUT2D eigenvalue weighted by atomic mass is 9.97. The number of carbonyl (C=O) groups excluding carboxylic acids is 3. The third kappa shape index (κ3) is 5.17. The van der Waals surface area contributed by atoms with Crippen LogP contribution < -0.4 is 5.32 Å². The van der Waals surface area contributed by atoms with E-state index in [4.69, 9.17) is 0 Å². The van der Waals surface area contributed by atoms with E-state index in [1.165, 1.54) is 18.2 Å². The standard InChI is InChI=1S/C28H32FN6O6PS/c1-33-13-30-32-25(33)18-11-34(12-18)28(38)21-4-3-19-8-15-7-16(15)9-20(27(37)35(19)21)31-26(36)23-10-17-6-14(2-5-22(17)43-23)24(29)42(39,40)41/h2,5-6,10,13,15-16,18-21,24H,3-4,7-9,11-12H2,1H3,(H,31,36)(H2,39,40,41)/t15-,16+,19-,20+,21+,24?/m1/s1. The largest absolute Gasteiger partial charge is 0.363 e. The van der Waals surface area contributed by atoms with E-state index in [-0.39, 0.29) is 29.3 Å². The summed E-state index contributed by atoms with van der Waals surface area (Å²) in [6, 6.07) is 4.34. The van der Waals surface area contributed by atoms with Gasteiger partial charge in [0.25, 0.3) is 5.91 Å². The fraction of sp³-hybridized carbons (Fsp3) is 0.536. The van der Waals surface area contributed by atoms with E-state index in [9.17, 15) is 33.1 Å². The first-order chi connectivity index (χ1) is 20.5. The van der Waals surface area contributed by atoms with Crippen LogP contribution in [0.1, 0.15) is 65.0 Å². The number of likely N-dealkylation sites (tertiary alicyclic amines) is 1. The predicted molar refractivity (Wildman–Crippen MR) is 154 cm³/mol. The Morgan fingerprint density at radius 1 is 1.14 bits per heavy atom. The van der Waals surface area contributed by atoms with Gasteiger partial charge in [-0.2, -0.15) is 0 Å². The Kier molecular flexibility index (Phi) is 6.95. The zero-order chi connectivity index (χ0) is 30.2. The second kappa shape index (κ2) is 10.5. The van der Waals surface area contributed by atoms with E-state index in [1.54, 1.807) is 22.2 Å². The van der Waals surface area contributed by atoms with E-state index in [0.29, 0.717) is 52.7 Å². The molecule has 3 N–H and O–H groups in total. The maximum Gasteiger partial charge on any atom is 0.363 e. The van der Waals surface area contributed by atoms with Crippen LogP contribution in [0.4, 0.5) is 4.39 Å². The van der Waals surface area contributed by atoms with E-state index in [1.807, 2.05) is 11.6 Å². The number of benzene rings is 1. The topological polar surface area (TPSA) is 158 Å². The number of aryl methyl sites for hydroxylation is 1. The summed E-state index contributed by atoms with van der Waals surface area (Å²) in [6.07, 6.45) is 5.39. The van der Waals surface area contributed by atoms with Gasteiger partial charge in [-0.15, -0.1) is 21.5 Å². The highest BCUT2D eigenvalue weighted by Gasteiger charge is 2.52. The molecule has 12 nitrogen and oxygen atoms in total. The highest BCUT2D eigenvalue weighted by atomic mass is 32.1. The number of rotatable bonds is 6. The predicted octanol–water partition coefficient (Wildman–Crippen LogP) is 2.69. The monoisotopic (exact) mass is 630 g/mol. The summed E-state index contributed by atoms with van der Waals surface area (Å²) in [4.78, 5) is 63.4. The minimum Gasteiger partial charge on any atom is -0.340 e. The lowest BCUT2D eigenvalue weighted by molar-refractivity contribution is -0.149. The molecule has 3 amide bonds. The van der Waals surface area contributed by atoms with Crippen LogP contribution >= 0.6 is 18.9 Å². The minimum absolute atomic E-state index is 0.0302. The molecule has 0 spiro atoms. The number of hydrogen-bond acceptors (Lipinski definition) is 7. The molecule has 0 bridgehead atoms. The highest BCUT2D eigenvalue weighted by Crippen LogP contribution is 2.53. The average molecular weight is 631 g/mol. The summed E-state index contributed by atoms with van der Waals surface area (Å²) >= 11 is 1.16. The number of amides is 3. The molecule has 1 aliphatic carbocycles. The molecular formula is C28H32FN6O6PS. The van der Waals surface area contributed by atoms with Crippen LogP contribution in [0.5, 0.6) is 0 Å². The van der Waals surface area contributed by atoms with Crippen LogP contribution in [0.2, 0.25) is 0 Å². The van der Waals surface area contributed by atoms with Gasteiger partial charge in [-0.25, -0.2) is 4.39 Å². The number of fused-ring (bicyclic) bond motifs is 3. The zero-order valence-corrected chi connectivity index (χ0v) is 25.1. The molecule has 0 radical (unpaired) electrons. The first kappa shape index (κ1) is 28.6. The quantitative estimate of drug-likeness (QED) is 0.351. The van der Waals surface area contributed by atoms with Crippen molar-refractivity contribution < 1.29 is 33.1 Å². The summed E-state index contributed by atoms with van der Waals surface area (Å²) < 4.78 is 28.1. The second-order valence-corrected chi connectivity index (χ2v) is 15.0. The second-order valence-electron chi connectivity index (χ2n) is 12.3. The average Bonchev–Trinajstić information content (AvgIpc) is 3.27. The van der Waals surface area contributed by atoms with Gasteiger partial charge in [0.05, 0.1) is 10.8 Å². The molecule has 4 aliphatic rings. The molecule has 3 saturated heterocycles. The zero-order valence-electron chi connectivity index (χ0n) is 23.4. The van der Waals surface area contributed by atoms with Crippen molar-refractivity contribution >= 4 is 46.7 Å². The smallest absolute Gasteiger partial charge is 0.340 e. The number of thiophene rings is 1. The molecule has 15 heteroatoms. The molecule has 7 rings (SSSR count). The highest BCUT2D eigenvalue weighted by molar-refractivity contribution is 7.51. The number of alkyl halides is 1. The summed E-state index contributed by atoms with van der Waals surface area (Å²) in [6.45, 7) is 1.06. The maximum absolute atomic E-state index is 14.3. The molecular weight excluding hydrogens is 598 g/mol. The Balaban J connectivity index is 1.07. The van der Waals surface area contributed by atoms with Crippen LogP contribution in [0.25, 0.3) is 10.1 Å². The van der Waals surface area contributed by atoms with Crippen LogP contribution in [-0.4, -0.2) is 83.3 Å². The molecule has 1 aromatic carbocycles. The third-order valence-corrected chi connectivity index (χ3v) is 11.5. The van der Waals surface area contributed by atoms with Crippen molar-refractivity contribution in [3.63, 3.8) is 0 Å². The molecule has 4 fully saturated rings. The van der Waals surface area contributed by atoms with Crippen molar-refractivity contribution in [2.45, 2.75) is 62.1 Å². The minimum atomic E-state index is -4.97. The van der Waals surface area contributed by atoms with E-state index < -0.39 is 31.5 Å². The molecule has 3 aromatic rings. The number of carbonyl (C=O) groups is 3. The lowest BCUT2D eigenvalue weighted by Crippen LogP contribution is -2.60. The van der Waals surface area contributed by atoms with Crippen LogP contribution in [0, 0.1) is 11.8 Å². The van der Waals surface area contributed by atoms with Crippen molar-refractivity contribution in [1.29, 1.82) is 0 Å². The van der Waals surface area contributed by atoms with Crippen molar-refractivity contribution in [2.24, 2.45) is 18.9 Å². The number of aromatic nitrogens is 3. The Labute approximate surface area is 250 Å². The van der Waals surface area contributed by atoms with Gasteiger partial charge in [0.2, 0.25) is 17.7 Å². The molecule has 5 heterocycles. The van der Waals surface area contributed by atoms with Gasteiger partial charge in [-0.05, 0) is 73.1 Å². The van der Waals surface area contributed by atoms with Gasteiger partial charge in [-0.1, -0.05) is 6.07 Å². The Bertz CT molecular complexity index is 1670. The third-order valence-electron chi connectivity index (χ3n) is 9.47. The Morgan fingerprint density at radius 3 is 2.63 bits per heavy atom. The van der Waals surface area contributed by atoms with Crippen LogP contribution in [0.15, 0.2) is 30.6 Å². The maximum atomic E-state index is 14.3. The normalized spacial score (nSPS) is 28.1. The summed E-state index contributed by atoms with van der Waals surface area (Å²) in [5, 5.41) is 11.5. The SMILES string of the molecule is Cn1cnnc1C1CN(C(=O)[C@@H]2CC[C@@H]3C[C@H]4C[C@H]4C[C@H](NC(=O)c4cc5cc(C(F)P(=O)(O)O)ccc5s4)C(=O)N32)C1. The molecule has 6 atom stereocenters. The molecule has 2 aromatic heterocycles. The first-order valence-electron chi connectivity index (χ1n) is 14.5. The molecule has 3 aliphatic heterocycles. The molecule has 1 saturated carbocycles. The van der Waals surface area contributed by atoms with Crippen molar-refractivity contribution in [3.8, 4) is 0 Å². The number of halogens is 1. The van der Waals surface area contributed by atoms with Crippen LogP contribution in [0.3, 0.4) is 0 Å². The summed E-state index contributed by atoms with van der Waals surface area (Å²) in [5.74, 6) is -1.41. The molecule has 1 unspecified atom stereocenters. The Hall–Kier alpha value is -3.19. The fourth-order valence-corrected chi connectivity index (χ4v) is 8.57. The number of hydrogen-bond donors (Lipinski definition) is 3. The fourth-order valence-electron chi connectivity index (χ4n) is 7.07. The van der Waals surface area contributed by atoms with Crippen molar-refractivity contribution in [2.75, 3.05) is 13.1 Å².